The van der Waals surface area contributed by atoms with Crippen LogP contribution in [0.25, 0.3) is 0 Å². The zero-order chi connectivity index (χ0) is 16.2. The van der Waals surface area contributed by atoms with E-state index in [1.54, 1.807) is 12.1 Å². The Hall–Kier alpha value is -0.960. The highest BCUT2D eigenvalue weighted by Crippen LogP contribution is 2.17. The van der Waals surface area contributed by atoms with Crippen LogP contribution in [-0.2, 0) is 14.8 Å². The van der Waals surface area contributed by atoms with Gasteiger partial charge in [0, 0.05) is 17.6 Å². The highest BCUT2D eigenvalue weighted by Gasteiger charge is 2.24. The van der Waals surface area contributed by atoms with Gasteiger partial charge in [0.15, 0.2) is 0 Å². The van der Waals surface area contributed by atoms with Crippen molar-refractivity contribution in [1.82, 2.24) is 14.9 Å². The minimum Gasteiger partial charge on any atom is -0.352 e. The van der Waals surface area contributed by atoms with E-state index in [1.165, 1.54) is 19.2 Å². The van der Waals surface area contributed by atoms with E-state index < -0.39 is 10.0 Å². The van der Waals surface area contributed by atoms with Crippen molar-refractivity contribution in [2.45, 2.75) is 23.8 Å². The summed E-state index contributed by atoms with van der Waals surface area (Å²) in [6.07, 6.45) is 1.74. The minimum absolute atomic E-state index is 0.123. The molecule has 1 aromatic carbocycles. The summed E-state index contributed by atoms with van der Waals surface area (Å²) in [5, 5.41) is 6.11. The van der Waals surface area contributed by atoms with Gasteiger partial charge < -0.3 is 10.6 Å². The number of halogens is 1. The van der Waals surface area contributed by atoms with Crippen LogP contribution in [0.5, 0.6) is 0 Å². The van der Waals surface area contributed by atoms with Crippen molar-refractivity contribution in [2.75, 3.05) is 26.7 Å². The number of nitrogens with zero attached hydrogens (tertiary/aromatic N) is 1. The van der Waals surface area contributed by atoms with Gasteiger partial charge in [-0.3, -0.25) is 4.79 Å². The Morgan fingerprint density at radius 2 is 1.91 bits per heavy atom. The Morgan fingerprint density at radius 1 is 1.32 bits per heavy atom. The molecule has 0 atom stereocenters. The fraction of sp³-hybridized carbons (Fsp3) is 0.500. The molecule has 1 aromatic rings. The zero-order valence-electron chi connectivity index (χ0n) is 12.4. The van der Waals surface area contributed by atoms with Crippen LogP contribution >= 0.6 is 15.9 Å². The van der Waals surface area contributed by atoms with E-state index in [9.17, 15) is 13.2 Å². The molecule has 0 unspecified atom stereocenters. The summed E-state index contributed by atoms with van der Waals surface area (Å²) in [7, 11) is -2.24. The molecule has 0 radical (unpaired) electrons. The molecule has 22 heavy (non-hydrogen) atoms. The maximum atomic E-state index is 12.4. The zero-order valence-corrected chi connectivity index (χ0v) is 14.8. The molecule has 2 rings (SSSR count). The lowest BCUT2D eigenvalue weighted by Crippen LogP contribution is -2.46. The summed E-state index contributed by atoms with van der Waals surface area (Å²) < 4.78 is 26.7. The lowest BCUT2D eigenvalue weighted by Gasteiger charge is -2.25. The lowest BCUT2D eigenvalue weighted by molar-refractivity contribution is -0.122. The fourth-order valence-corrected chi connectivity index (χ4v) is 3.70. The lowest BCUT2D eigenvalue weighted by atomic mass is 10.1. The molecular weight excluding hydrogens is 370 g/mol. The van der Waals surface area contributed by atoms with E-state index in [4.69, 9.17) is 0 Å². The van der Waals surface area contributed by atoms with Gasteiger partial charge in [-0.2, -0.15) is 4.31 Å². The van der Waals surface area contributed by atoms with Gasteiger partial charge in [-0.25, -0.2) is 8.42 Å². The summed E-state index contributed by atoms with van der Waals surface area (Å²) in [5.41, 5.74) is 0. The van der Waals surface area contributed by atoms with Crippen LogP contribution in [0, 0.1) is 0 Å². The van der Waals surface area contributed by atoms with Crippen molar-refractivity contribution < 1.29 is 13.2 Å². The van der Waals surface area contributed by atoms with Crippen LogP contribution in [0.1, 0.15) is 12.8 Å². The van der Waals surface area contributed by atoms with Crippen molar-refractivity contribution >= 4 is 31.9 Å². The maximum Gasteiger partial charge on any atom is 0.243 e. The second-order valence-corrected chi connectivity index (χ2v) is 8.27. The topological polar surface area (TPSA) is 78.5 Å². The Bertz CT molecular complexity index is 613. The van der Waals surface area contributed by atoms with E-state index in [-0.39, 0.29) is 23.4 Å². The van der Waals surface area contributed by atoms with Gasteiger partial charge in [-0.05, 0) is 50.2 Å². The molecule has 0 aromatic heterocycles. The quantitative estimate of drug-likeness (QED) is 0.785. The van der Waals surface area contributed by atoms with Crippen LogP contribution in [0.3, 0.4) is 0 Å². The maximum absolute atomic E-state index is 12.4. The van der Waals surface area contributed by atoms with E-state index in [2.05, 4.69) is 26.6 Å². The molecule has 122 valence electrons. The minimum atomic E-state index is -3.65. The number of rotatable bonds is 5. The van der Waals surface area contributed by atoms with E-state index >= 15 is 0 Å². The first-order valence-electron chi connectivity index (χ1n) is 7.11. The normalized spacial score (nSPS) is 16.7. The van der Waals surface area contributed by atoms with E-state index in [1.807, 2.05) is 0 Å². The molecule has 1 fully saturated rings. The van der Waals surface area contributed by atoms with Gasteiger partial charge in [-0.15, -0.1) is 0 Å². The second kappa shape index (κ2) is 7.54. The first-order chi connectivity index (χ1) is 10.4. The highest BCUT2D eigenvalue weighted by atomic mass is 79.9. The van der Waals surface area contributed by atoms with Crippen LogP contribution in [0.4, 0.5) is 0 Å². The average molecular weight is 390 g/mol. The van der Waals surface area contributed by atoms with Gasteiger partial charge in [-0.1, -0.05) is 15.9 Å². The molecular formula is C14H20BrN3O3S. The molecule has 0 bridgehead atoms. The summed E-state index contributed by atoms with van der Waals surface area (Å²) in [6.45, 7) is 1.57. The van der Waals surface area contributed by atoms with Crippen molar-refractivity contribution in [3.63, 3.8) is 0 Å². The van der Waals surface area contributed by atoms with Crippen LogP contribution in [0.2, 0.25) is 0 Å². The monoisotopic (exact) mass is 389 g/mol. The summed E-state index contributed by atoms with van der Waals surface area (Å²) in [6, 6.07) is 6.48. The number of likely N-dealkylation sites (N-methyl/N-ethyl adjacent to an activating group) is 1. The van der Waals surface area contributed by atoms with Crippen molar-refractivity contribution in [3.8, 4) is 0 Å². The molecule has 1 amide bonds. The number of carbonyl (C=O) groups excluding carboxylic acids is 1. The predicted octanol–water partition coefficient (Wildman–Crippen LogP) is 0.938. The Kier molecular flexibility index (Phi) is 5.96. The molecule has 6 nitrogen and oxygen atoms in total. The average Bonchev–Trinajstić information content (AvgIpc) is 2.48. The molecule has 0 saturated carbocycles. The third-order valence-electron chi connectivity index (χ3n) is 3.59. The number of nitrogens with one attached hydrogen (secondary N) is 2. The standard InChI is InChI=1S/C14H20BrN3O3S/c1-18(10-14(19)17-12-6-8-16-9-7-12)22(20,21)13-4-2-11(15)3-5-13/h2-5,12,16H,6-10H2,1H3,(H,17,19). The Balaban J connectivity index is 1.96. The summed E-state index contributed by atoms with van der Waals surface area (Å²) in [4.78, 5) is 12.2. The largest absolute Gasteiger partial charge is 0.352 e. The number of amides is 1. The van der Waals surface area contributed by atoms with Gasteiger partial charge >= 0.3 is 0 Å². The molecule has 0 spiro atoms. The number of piperidine rings is 1. The third-order valence-corrected chi connectivity index (χ3v) is 5.94. The van der Waals surface area contributed by atoms with Crippen molar-refractivity contribution in [1.29, 1.82) is 0 Å². The summed E-state index contributed by atoms with van der Waals surface area (Å²) >= 11 is 3.27. The molecule has 1 aliphatic heterocycles. The number of sulfonamides is 1. The Labute approximate surface area is 139 Å². The van der Waals surface area contributed by atoms with Crippen LogP contribution < -0.4 is 10.6 Å². The SMILES string of the molecule is CN(CC(=O)NC1CCNCC1)S(=O)(=O)c1ccc(Br)cc1. The molecule has 0 aliphatic carbocycles. The number of carbonyl (C=O) groups is 1. The second-order valence-electron chi connectivity index (χ2n) is 5.31. The van der Waals surface area contributed by atoms with Gasteiger partial charge in [0.05, 0.1) is 11.4 Å². The summed E-state index contributed by atoms with van der Waals surface area (Å²) in [5.74, 6) is -0.268. The van der Waals surface area contributed by atoms with Gasteiger partial charge in [0.2, 0.25) is 15.9 Å². The molecule has 2 N–H and O–H groups in total. The number of hydrogen-bond acceptors (Lipinski definition) is 4. The van der Waals surface area contributed by atoms with Crippen LogP contribution in [-0.4, -0.2) is 51.4 Å². The molecule has 1 aliphatic rings. The first kappa shape index (κ1) is 17.4. The molecule has 8 heteroatoms. The fourth-order valence-electron chi connectivity index (χ4n) is 2.31. The highest BCUT2D eigenvalue weighted by molar-refractivity contribution is 9.10. The van der Waals surface area contributed by atoms with Crippen molar-refractivity contribution in [3.05, 3.63) is 28.7 Å². The number of hydrogen-bond donors (Lipinski definition) is 2. The van der Waals surface area contributed by atoms with Crippen LogP contribution in [0.15, 0.2) is 33.6 Å². The van der Waals surface area contributed by atoms with Gasteiger partial charge in [0.1, 0.15) is 0 Å². The van der Waals surface area contributed by atoms with Crippen molar-refractivity contribution in [2.24, 2.45) is 0 Å². The Morgan fingerprint density at radius 3 is 2.50 bits per heavy atom. The smallest absolute Gasteiger partial charge is 0.243 e. The molecule has 1 saturated heterocycles. The van der Waals surface area contributed by atoms with E-state index in [0.29, 0.717) is 0 Å². The first-order valence-corrected chi connectivity index (χ1v) is 9.35. The van der Waals surface area contributed by atoms with E-state index in [0.717, 1.165) is 34.7 Å². The predicted molar refractivity (Wildman–Crippen MR) is 88.0 cm³/mol. The van der Waals surface area contributed by atoms with Gasteiger partial charge in [0.25, 0.3) is 0 Å². The number of benzene rings is 1. The molecule has 1 heterocycles. The third kappa shape index (κ3) is 4.52.